The van der Waals surface area contributed by atoms with Crippen molar-refractivity contribution in [1.82, 2.24) is 4.90 Å². The van der Waals surface area contributed by atoms with Gasteiger partial charge in [0, 0.05) is 18.2 Å². The van der Waals surface area contributed by atoms with Crippen molar-refractivity contribution < 1.29 is 9.18 Å². The highest BCUT2D eigenvalue weighted by atomic mass is 19.1. The van der Waals surface area contributed by atoms with E-state index in [-0.39, 0.29) is 17.8 Å². The summed E-state index contributed by atoms with van der Waals surface area (Å²) >= 11 is 0. The van der Waals surface area contributed by atoms with Crippen molar-refractivity contribution in [2.45, 2.75) is 65.3 Å². The Kier molecular flexibility index (Phi) is 8.03. The maximum Gasteiger partial charge on any atom is 0.254 e. The van der Waals surface area contributed by atoms with Crippen LogP contribution in [0.5, 0.6) is 0 Å². The Morgan fingerprint density at radius 1 is 1.19 bits per heavy atom. The van der Waals surface area contributed by atoms with Gasteiger partial charge in [0.2, 0.25) is 0 Å². The van der Waals surface area contributed by atoms with Crippen molar-refractivity contribution in [3.8, 4) is 0 Å². The smallest absolute Gasteiger partial charge is 0.254 e. The van der Waals surface area contributed by atoms with Gasteiger partial charge in [0.25, 0.3) is 5.91 Å². The molecule has 1 unspecified atom stereocenters. The van der Waals surface area contributed by atoms with Gasteiger partial charge >= 0.3 is 0 Å². The summed E-state index contributed by atoms with van der Waals surface area (Å²) in [6, 6.07) is 6.21. The summed E-state index contributed by atoms with van der Waals surface area (Å²) in [7, 11) is 0. The number of benzene rings is 1. The summed E-state index contributed by atoms with van der Waals surface area (Å²) in [6.07, 6.45) is 6.56. The van der Waals surface area contributed by atoms with E-state index in [2.05, 4.69) is 20.8 Å². The van der Waals surface area contributed by atoms with E-state index in [1.807, 2.05) is 4.90 Å². The molecule has 0 aliphatic carbocycles. The molecule has 118 valence electrons. The van der Waals surface area contributed by atoms with Crippen LogP contribution in [-0.4, -0.2) is 23.4 Å². The molecule has 0 aromatic heterocycles. The largest absolute Gasteiger partial charge is 0.336 e. The number of nitrogens with zero attached hydrogens (tertiary/aromatic N) is 1. The number of rotatable bonds is 9. The second-order valence-electron chi connectivity index (χ2n) is 5.71. The van der Waals surface area contributed by atoms with Crippen molar-refractivity contribution in [2.75, 3.05) is 6.54 Å². The summed E-state index contributed by atoms with van der Waals surface area (Å²) in [4.78, 5) is 14.5. The molecule has 21 heavy (non-hydrogen) atoms. The fourth-order valence-electron chi connectivity index (χ4n) is 2.48. The van der Waals surface area contributed by atoms with Gasteiger partial charge in [0.1, 0.15) is 5.82 Å². The van der Waals surface area contributed by atoms with Crippen LogP contribution in [-0.2, 0) is 0 Å². The standard InChI is InChI=1S/C18H28FNO/c1-4-6-8-10-15(3)20(13-7-5-2)18(21)16-11-9-12-17(19)14-16/h9,11-12,14-15H,4-8,10,13H2,1-3H3. The molecule has 2 nitrogen and oxygen atoms in total. The lowest BCUT2D eigenvalue weighted by atomic mass is 10.1. The summed E-state index contributed by atoms with van der Waals surface area (Å²) in [5.41, 5.74) is 0.452. The minimum absolute atomic E-state index is 0.0491. The zero-order valence-electron chi connectivity index (χ0n) is 13.6. The summed E-state index contributed by atoms with van der Waals surface area (Å²) in [5.74, 6) is -0.401. The molecule has 1 atom stereocenters. The number of hydrogen-bond donors (Lipinski definition) is 0. The van der Waals surface area contributed by atoms with E-state index in [0.717, 1.165) is 32.2 Å². The van der Waals surface area contributed by atoms with Crippen molar-refractivity contribution in [2.24, 2.45) is 0 Å². The van der Waals surface area contributed by atoms with Gasteiger partial charge in [-0.3, -0.25) is 4.79 Å². The van der Waals surface area contributed by atoms with Gasteiger partial charge in [0.05, 0.1) is 0 Å². The van der Waals surface area contributed by atoms with Crippen LogP contribution in [0.25, 0.3) is 0 Å². The van der Waals surface area contributed by atoms with Gasteiger partial charge in [-0.25, -0.2) is 4.39 Å². The third-order valence-corrected chi connectivity index (χ3v) is 3.84. The van der Waals surface area contributed by atoms with E-state index < -0.39 is 0 Å². The zero-order chi connectivity index (χ0) is 15.7. The van der Waals surface area contributed by atoms with Crippen LogP contribution in [0, 0.1) is 5.82 Å². The van der Waals surface area contributed by atoms with Crippen molar-refractivity contribution in [1.29, 1.82) is 0 Å². The molecule has 1 rings (SSSR count). The van der Waals surface area contributed by atoms with E-state index in [9.17, 15) is 9.18 Å². The number of hydrogen-bond acceptors (Lipinski definition) is 1. The first-order valence-electron chi connectivity index (χ1n) is 8.16. The lowest BCUT2D eigenvalue weighted by Crippen LogP contribution is -2.39. The van der Waals surface area contributed by atoms with Crippen LogP contribution in [0.15, 0.2) is 24.3 Å². The molecular formula is C18H28FNO. The maximum absolute atomic E-state index is 13.3. The summed E-state index contributed by atoms with van der Waals surface area (Å²) in [6.45, 7) is 7.14. The predicted octanol–water partition coefficient (Wildman–Crippen LogP) is 5.04. The molecule has 0 saturated heterocycles. The fraction of sp³-hybridized carbons (Fsp3) is 0.611. The number of halogens is 1. The molecular weight excluding hydrogens is 265 g/mol. The Balaban J connectivity index is 2.77. The van der Waals surface area contributed by atoms with E-state index in [4.69, 9.17) is 0 Å². The Hall–Kier alpha value is -1.38. The average molecular weight is 293 g/mol. The quantitative estimate of drug-likeness (QED) is 0.584. The first-order valence-corrected chi connectivity index (χ1v) is 8.16. The van der Waals surface area contributed by atoms with Gasteiger partial charge in [0.15, 0.2) is 0 Å². The second-order valence-corrected chi connectivity index (χ2v) is 5.71. The minimum Gasteiger partial charge on any atom is -0.336 e. The van der Waals surface area contributed by atoms with Crippen LogP contribution in [0.2, 0.25) is 0 Å². The van der Waals surface area contributed by atoms with Crippen LogP contribution in [0.1, 0.15) is 69.7 Å². The number of unbranched alkanes of at least 4 members (excludes halogenated alkanes) is 3. The molecule has 0 N–H and O–H groups in total. The maximum atomic E-state index is 13.3. The normalized spacial score (nSPS) is 12.2. The van der Waals surface area contributed by atoms with Crippen LogP contribution in [0.4, 0.5) is 4.39 Å². The molecule has 0 fully saturated rings. The van der Waals surface area contributed by atoms with Crippen LogP contribution >= 0.6 is 0 Å². The molecule has 0 heterocycles. The Bertz CT molecular complexity index is 433. The van der Waals surface area contributed by atoms with Crippen molar-refractivity contribution in [3.63, 3.8) is 0 Å². The highest BCUT2D eigenvalue weighted by Gasteiger charge is 2.21. The molecule has 3 heteroatoms. The number of amides is 1. The van der Waals surface area contributed by atoms with Gasteiger partial charge in [-0.15, -0.1) is 0 Å². The molecule has 0 bridgehead atoms. The minimum atomic E-state index is -0.352. The first kappa shape index (κ1) is 17.7. The van der Waals surface area contributed by atoms with Crippen molar-refractivity contribution in [3.05, 3.63) is 35.6 Å². The molecule has 0 radical (unpaired) electrons. The third kappa shape index (κ3) is 5.86. The molecule has 1 aromatic carbocycles. The average Bonchev–Trinajstić information content (AvgIpc) is 2.47. The van der Waals surface area contributed by atoms with E-state index >= 15 is 0 Å². The highest BCUT2D eigenvalue weighted by Crippen LogP contribution is 2.15. The van der Waals surface area contributed by atoms with Gasteiger partial charge in [-0.2, -0.15) is 0 Å². The lowest BCUT2D eigenvalue weighted by Gasteiger charge is -2.29. The van der Waals surface area contributed by atoms with Crippen molar-refractivity contribution >= 4 is 5.91 Å². The molecule has 1 amide bonds. The monoisotopic (exact) mass is 293 g/mol. The van der Waals surface area contributed by atoms with Gasteiger partial charge in [-0.1, -0.05) is 45.6 Å². The number of carbonyl (C=O) groups excluding carboxylic acids is 1. The Morgan fingerprint density at radius 2 is 1.90 bits per heavy atom. The lowest BCUT2D eigenvalue weighted by molar-refractivity contribution is 0.0678. The predicted molar refractivity (Wildman–Crippen MR) is 85.9 cm³/mol. The van der Waals surface area contributed by atoms with Crippen LogP contribution < -0.4 is 0 Å². The third-order valence-electron chi connectivity index (χ3n) is 3.84. The Morgan fingerprint density at radius 3 is 2.52 bits per heavy atom. The van der Waals surface area contributed by atoms with E-state index in [1.165, 1.54) is 25.0 Å². The second kappa shape index (κ2) is 9.54. The van der Waals surface area contributed by atoms with E-state index in [0.29, 0.717) is 5.56 Å². The SMILES string of the molecule is CCCCCC(C)N(CCCC)C(=O)c1cccc(F)c1. The Labute approximate surface area is 128 Å². The highest BCUT2D eigenvalue weighted by molar-refractivity contribution is 5.94. The topological polar surface area (TPSA) is 20.3 Å². The molecule has 0 aliphatic rings. The summed E-state index contributed by atoms with van der Waals surface area (Å²) < 4.78 is 13.3. The van der Waals surface area contributed by atoms with Gasteiger partial charge < -0.3 is 4.90 Å². The fourth-order valence-corrected chi connectivity index (χ4v) is 2.48. The molecule has 0 spiro atoms. The zero-order valence-corrected chi connectivity index (χ0v) is 13.6. The molecule has 0 aliphatic heterocycles. The molecule has 1 aromatic rings. The van der Waals surface area contributed by atoms with E-state index in [1.54, 1.807) is 12.1 Å². The number of carbonyl (C=O) groups is 1. The molecule has 0 saturated carbocycles. The van der Waals surface area contributed by atoms with Crippen LogP contribution in [0.3, 0.4) is 0 Å². The summed E-state index contributed by atoms with van der Waals surface area (Å²) in [5, 5.41) is 0. The van der Waals surface area contributed by atoms with Gasteiger partial charge in [-0.05, 0) is 38.0 Å². The first-order chi connectivity index (χ1) is 10.1.